The average molecular weight is 1120 g/mol. The van der Waals surface area contributed by atoms with Crippen molar-refractivity contribution < 1.29 is 41.8 Å². The van der Waals surface area contributed by atoms with E-state index >= 15 is 8.63 Å². The van der Waals surface area contributed by atoms with Crippen molar-refractivity contribution in [3.05, 3.63) is 166 Å². The van der Waals surface area contributed by atoms with Gasteiger partial charge in [-0.2, -0.15) is 0 Å². The number of hydrogen-bond acceptors (Lipinski definition) is 9. The molecule has 20 heteroatoms. The van der Waals surface area contributed by atoms with Gasteiger partial charge in [-0.1, -0.05) is 67.8 Å². The van der Waals surface area contributed by atoms with E-state index in [0.29, 0.717) is 109 Å². The molecule has 10 rings (SSSR count). The Morgan fingerprint density at radius 2 is 1.56 bits per heavy atom. The molecule has 3 aromatic carbocycles. The third kappa shape index (κ3) is 14.0. The third-order valence-corrected chi connectivity index (χ3v) is 16.1. The minimum Gasteiger partial charge on any atom is -0.484 e. The highest BCUT2D eigenvalue weighted by Gasteiger charge is 2.52. The first kappa shape index (κ1) is 56.1. The van der Waals surface area contributed by atoms with Crippen LogP contribution in [-0.2, 0) is 32.1 Å². The predicted molar refractivity (Wildman–Crippen MR) is 314 cm³/mol. The largest absolute Gasteiger partial charge is 0.737 e. The molecule has 4 N–H and O–H groups in total. The normalized spacial score (nSPS) is 15.6. The van der Waals surface area contributed by atoms with Crippen LogP contribution in [0.2, 0.25) is 0 Å². The first-order valence-corrected chi connectivity index (χ1v) is 28.9. The molecule has 6 aromatic rings. The summed E-state index contributed by atoms with van der Waals surface area (Å²) in [5.41, 5.74) is 5.82. The van der Waals surface area contributed by atoms with Gasteiger partial charge in [-0.25, -0.2) is 4.98 Å². The number of amides is 5. The molecule has 1 saturated heterocycles. The van der Waals surface area contributed by atoms with Crippen molar-refractivity contribution in [2.24, 2.45) is 5.92 Å². The number of thiophene rings is 1. The van der Waals surface area contributed by atoms with E-state index in [4.69, 9.17) is 4.74 Å². The highest BCUT2D eigenvalue weighted by atomic mass is 32.1. The molecule has 4 aliphatic rings. The van der Waals surface area contributed by atoms with Crippen molar-refractivity contribution in [1.29, 1.82) is 0 Å². The monoisotopic (exact) mass is 1120 g/mol. The van der Waals surface area contributed by atoms with Gasteiger partial charge in [-0.3, -0.25) is 33.8 Å². The molecule has 5 amide bonds. The van der Waals surface area contributed by atoms with Gasteiger partial charge in [-0.05, 0) is 129 Å². The molecular weight excluding hydrogens is 1050 g/mol. The molecule has 81 heavy (non-hydrogen) atoms. The number of nitrogens with zero attached hydrogens (tertiary/aromatic N) is 6. The van der Waals surface area contributed by atoms with Gasteiger partial charge >= 0.3 is 6.97 Å². The predicted octanol–water partition coefficient (Wildman–Crippen LogP) is 9.30. The molecule has 16 nitrogen and oxygen atoms in total. The van der Waals surface area contributed by atoms with Crippen LogP contribution in [0, 0.1) is 5.92 Å². The summed E-state index contributed by atoms with van der Waals surface area (Å²) in [7, 11) is 0. The lowest BCUT2D eigenvalue weighted by molar-refractivity contribution is -0.360. The first-order valence-electron chi connectivity index (χ1n) is 28.1. The molecular formula is C61H67BF2N10O6S. The highest BCUT2D eigenvalue weighted by molar-refractivity contribution is 7.12. The molecule has 4 aliphatic heterocycles. The number of carbonyl (C=O) groups excluding carboxylic acids is 5. The van der Waals surface area contributed by atoms with E-state index in [1.165, 1.54) is 11.3 Å². The molecule has 0 bridgehead atoms. The van der Waals surface area contributed by atoms with Crippen molar-refractivity contribution in [1.82, 2.24) is 34.9 Å². The average Bonchev–Trinajstić information content (AvgIpc) is 4.03. The molecule has 0 radical (unpaired) electrons. The maximum absolute atomic E-state index is 16.1. The Kier molecular flexibility index (Phi) is 18.2. The van der Waals surface area contributed by atoms with Crippen molar-refractivity contribution in [2.75, 3.05) is 56.1 Å². The van der Waals surface area contributed by atoms with Gasteiger partial charge in [0.1, 0.15) is 5.75 Å². The van der Waals surface area contributed by atoms with Crippen LogP contribution in [0.25, 0.3) is 18.2 Å². The van der Waals surface area contributed by atoms with E-state index in [1.807, 2.05) is 72.5 Å². The van der Waals surface area contributed by atoms with Crippen molar-refractivity contribution in [3.63, 3.8) is 0 Å². The fraction of sp³-hybridized carbons (Fsp3) is 0.328. The lowest BCUT2D eigenvalue weighted by atomic mass is 9.90. The van der Waals surface area contributed by atoms with Crippen LogP contribution in [0.15, 0.2) is 133 Å². The Labute approximate surface area is 474 Å². The fourth-order valence-corrected chi connectivity index (χ4v) is 11.7. The van der Waals surface area contributed by atoms with Crippen LogP contribution in [0.1, 0.15) is 102 Å². The lowest BCUT2D eigenvalue weighted by Gasteiger charge is -2.33. The summed E-state index contributed by atoms with van der Waals surface area (Å²) in [4.78, 5) is 73.4. The number of carbonyl (C=O) groups is 5. The van der Waals surface area contributed by atoms with Crippen molar-refractivity contribution in [3.8, 4) is 5.75 Å². The number of aryl methyl sites for hydroxylation is 2. The molecule has 7 heterocycles. The highest BCUT2D eigenvalue weighted by Crippen LogP contribution is 2.39. The van der Waals surface area contributed by atoms with E-state index in [0.717, 1.165) is 83.3 Å². The van der Waals surface area contributed by atoms with E-state index in [-0.39, 0.29) is 42.7 Å². The summed E-state index contributed by atoms with van der Waals surface area (Å²) in [6.45, 7) is -0.310. The molecule has 3 aromatic heterocycles. The van der Waals surface area contributed by atoms with E-state index in [2.05, 4.69) is 35.7 Å². The Balaban J connectivity index is 0.530. The van der Waals surface area contributed by atoms with Gasteiger partial charge in [0.25, 0.3) is 11.8 Å². The Morgan fingerprint density at radius 3 is 2.36 bits per heavy atom. The Morgan fingerprint density at radius 1 is 0.790 bits per heavy atom. The van der Waals surface area contributed by atoms with Crippen LogP contribution in [-0.4, -0.2) is 112 Å². The first-order chi connectivity index (χ1) is 39.5. The number of likely N-dealkylation sites (tertiary alicyclic amines) is 1. The summed E-state index contributed by atoms with van der Waals surface area (Å²) in [6.07, 6.45) is 21.2. The summed E-state index contributed by atoms with van der Waals surface area (Å²) >= 11 is 1.43. The third-order valence-electron chi connectivity index (χ3n) is 15.2. The van der Waals surface area contributed by atoms with Gasteiger partial charge < -0.3 is 48.2 Å². The van der Waals surface area contributed by atoms with Gasteiger partial charge in [0.2, 0.25) is 17.7 Å². The van der Waals surface area contributed by atoms with Crippen molar-refractivity contribution >= 4 is 88.8 Å². The number of hydrogen-bond donors (Lipinski definition) is 4. The zero-order valence-corrected chi connectivity index (χ0v) is 46.1. The number of para-hydroxylation sites is 3. The van der Waals surface area contributed by atoms with E-state index in [1.54, 1.807) is 77.7 Å². The molecule has 0 aliphatic carbocycles. The number of imidazole rings is 1. The quantitative estimate of drug-likeness (QED) is 0.0324. The smallest absolute Gasteiger partial charge is 0.484 e. The second-order valence-corrected chi connectivity index (χ2v) is 21.8. The summed E-state index contributed by atoms with van der Waals surface area (Å²) in [5.74, 6) is 0.390. The number of halogens is 2. The number of benzene rings is 3. The maximum Gasteiger partial charge on any atom is 0.737 e. The topological polar surface area (TPSA) is 175 Å². The molecule has 0 saturated carbocycles. The Hall–Kier alpha value is -8.23. The number of anilines is 3. The van der Waals surface area contributed by atoms with Crippen LogP contribution < -0.4 is 30.9 Å². The number of aromatic nitrogens is 3. The number of allylic oxidation sites excluding steroid dienone is 2. The van der Waals surface area contributed by atoms with Crippen LogP contribution in [0.4, 0.5) is 25.7 Å². The molecule has 0 spiro atoms. The van der Waals surface area contributed by atoms with Gasteiger partial charge in [0.05, 0.1) is 46.1 Å². The maximum atomic E-state index is 16.1. The lowest BCUT2D eigenvalue weighted by Crippen LogP contribution is -2.50. The fourth-order valence-electron chi connectivity index (χ4n) is 10.9. The van der Waals surface area contributed by atoms with Crippen LogP contribution in [0.3, 0.4) is 0 Å². The summed E-state index contributed by atoms with van der Waals surface area (Å²) in [6, 6.07) is 28.9. The summed E-state index contributed by atoms with van der Waals surface area (Å²) < 4.78 is 42.3. The molecule has 0 atom stereocenters. The minimum atomic E-state index is -4.13. The van der Waals surface area contributed by atoms with Crippen LogP contribution >= 0.6 is 11.3 Å². The van der Waals surface area contributed by atoms with Crippen LogP contribution in [0.5, 0.6) is 5.75 Å². The number of nitrogens with one attached hydrogen (secondary N) is 4. The number of fused-ring (bicyclic) bond motifs is 4. The number of unbranched alkanes of at least 4 members (excludes halogenated alkanes) is 3. The number of piperidine rings is 1. The molecule has 1 fully saturated rings. The number of rotatable bonds is 25. The van der Waals surface area contributed by atoms with E-state index in [9.17, 15) is 24.0 Å². The minimum absolute atomic E-state index is 0.0536. The van der Waals surface area contributed by atoms with E-state index < -0.39 is 6.97 Å². The second-order valence-electron chi connectivity index (χ2n) is 20.9. The number of ether oxygens (including phenoxy) is 1. The second kappa shape index (κ2) is 26.4. The van der Waals surface area contributed by atoms with Gasteiger partial charge in [-0.15, -0.1) is 11.3 Å². The molecule has 0 unspecified atom stereocenters. The SMILES string of the molecule is O=C(CCCCCNC(=O)COc1ccc(C=Cc2ccc3n2[B-](F)(F)[N+]2=C(c4cccs4)C=CC2=C3)cc1)NCCNC(=O)CCc1cn(CCCCC2CCN(CC(=O)N3c4ccccc4NC(=O)c4ccccc43)CC2)cn1. The standard InChI is InChI=1S/C61H67BF2N10O6S/c63-62(64)73-47(23-24-48(73)39-49-25-28-55(74(49)62)56-16-10-38-81-56)22-18-45-19-26-50(27-20-45)80-42-59(77)65-32-8-1-2-17-57(75)66-33-34-67-58(76)29-21-46-40-71(43-68-46)35-9-7-11-44-30-36-70(37-31-44)41-60(78)72-53-14-5-3-12-51(53)61(79)69-52-13-4-6-15-54(52)72/h3-6,10,12-16,18-20,22-28,38-40,43-44H,1-2,7-9,11,17,21,29-37,41-42H2,(H,65,77)(H,66,75)(H,67,76)(H,69,79). The summed E-state index contributed by atoms with van der Waals surface area (Å²) in [5, 5.41) is 13.4. The molecule has 420 valence electrons. The van der Waals surface area contributed by atoms with Crippen molar-refractivity contribution in [2.45, 2.75) is 77.2 Å². The van der Waals surface area contributed by atoms with Gasteiger partial charge in [0.15, 0.2) is 18.0 Å². The van der Waals surface area contributed by atoms with Gasteiger partial charge in [0, 0.05) is 74.8 Å². The zero-order valence-electron chi connectivity index (χ0n) is 45.2. The Bertz CT molecular complexity index is 3360. The zero-order chi connectivity index (χ0) is 56.1.